The summed E-state index contributed by atoms with van der Waals surface area (Å²) in [5, 5.41) is 14.0. The van der Waals surface area contributed by atoms with E-state index in [0.717, 1.165) is 16.9 Å². The van der Waals surface area contributed by atoms with Crippen LogP contribution >= 0.6 is 11.6 Å². The van der Waals surface area contributed by atoms with Crippen LogP contribution < -0.4 is 5.32 Å². The lowest BCUT2D eigenvalue weighted by molar-refractivity contribution is 0.143. The van der Waals surface area contributed by atoms with Crippen molar-refractivity contribution in [1.29, 1.82) is 0 Å². The van der Waals surface area contributed by atoms with Crippen LogP contribution in [0.5, 0.6) is 0 Å². The number of halogens is 1. The number of aromatic nitrogens is 2. The van der Waals surface area contributed by atoms with Crippen molar-refractivity contribution in [2.75, 3.05) is 6.54 Å². The van der Waals surface area contributed by atoms with Crippen LogP contribution in [0.15, 0.2) is 41.0 Å². The van der Waals surface area contributed by atoms with Crippen molar-refractivity contribution in [3.05, 3.63) is 53.2 Å². The summed E-state index contributed by atoms with van der Waals surface area (Å²) in [6.07, 6.45) is 0.874. The lowest BCUT2D eigenvalue weighted by Gasteiger charge is -2.16. The quantitative estimate of drug-likeness (QED) is 0.758. The topological polar surface area (TPSA) is 63.2 Å². The summed E-state index contributed by atoms with van der Waals surface area (Å²) >= 11 is 6.04. The van der Waals surface area contributed by atoms with Gasteiger partial charge in [0.2, 0.25) is 0 Å². The second-order valence-corrected chi connectivity index (χ2v) is 5.76. The monoisotopic (exact) mass is 319 g/mol. The van der Waals surface area contributed by atoms with Gasteiger partial charge in [-0.3, -0.25) is 0 Å². The van der Waals surface area contributed by atoms with Crippen LogP contribution in [0.1, 0.15) is 30.7 Å². The number of imidazole rings is 1. The number of rotatable bonds is 5. The highest BCUT2D eigenvalue weighted by molar-refractivity contribution is 6.31. The summed E-state index contributed by atoms with van der Waals surface area (Å²) in [4.78, 5) is 4.63. The number of aliphatic hydroxyl groups excluding tert-OH is 1. The number of benzene rings is 1. The van der Waals surface area contributed by atoms with Crippen molar-refractivity contribution >= 4 is 22.6 Å². The average Bonchev–Trinajstić information content (AvgIpc) is 3.14. The molecule has 0 bridgehead atoms. The van der Waals surface area contributed by atoms with E-state index in [9.17, 15) is 5.11 Å². The van der Waals surface area contributed by atoms with E-state index in [1.807, 2.05) is 36.7 Å². The van der Waals surface area contributed by atoms with E-state index in [1.54, 1.807) is 18.4 Å². The van der Waals surface area contributed by atoms with Crippen LogP contribution in [-0.4, -0.2) is 21.2 Å². The predicted molar refractivity (Wildman–Crippen MR) is 85.8 cm³/mol. The molecule has 0 aliphatic carbocycles. The molecule has 0 fully saturated rings. The van der Waals surface area contributed by atoms with E-state index in [1.165, 1.54) is 0 Å². The zero-order valence-electron chi connectivity index (χ0n) is 12.5. The van der Waals surface area contributed by atoms with Gasteiger partial charge in [-0.2, -0.15) is 0 Å². The van der Waals surface area contributed by atoms with Crippen molar-refractivity contribution in [2.45, 2.75) is 19.1 Å². The molecule has 0 saturated heterocycles. The molecule has 3 rings (SSSR count). The van der Waals surface area contributed by atoms with Crippen LogP contribution in [0.2, 0.25) is 5.02 Å². The van der Waals surface area contributed by atoms with Gasteiger partial charge >= 0.3 is 0 Å². The molecule has 1 aromatic carbocycles. The van der Waals surface area contributed by atoms with Gasteiger partial charge in [0, 0.05) is 18.6 Å². The molecule has 2 heterocycles. The molecule has 0 aliphatic rings. The molecule has 3 aromatic rings. The first-order valence-electron chi connectivity index (χ1n) is 7.13. The van der Waals surface area contributed by atoms with Crippen LogP contribution in [0.25, 0.3) is 11.0 Å². The minimum atomic E-state index is -0.679. The molecular weight excluding hydrogens is 302 g/mol. The molecular formula is C16H18ClN3O2. The Morgan fingerprint density at radius 1 is 1.41 bits per heavy atom. The van der Waals surface area contributed by atoms with E-state index in [4.69, 9.17) is 16.0 Å². The highest BCUT2D eigenvalue weighted by atomic mass is 35.5. The Hall–Kier alpha value is -1.82. The summed E-state index contributed by atoms with van der Waals surface area (Å²) in [6.45, 7) is 2.40. The molecule has 2 N–H and O–H groups in total. The van der Waals surface area contributed by atoms with E-state index in [-0.39, 0.29) is 6.04 Å². The summed E-state index contributed by atoms with van der Waals surface area (Å²) in [6, 6.07) is 9.15. The van der Waals surface area contributed by atoms with E-state index in [0.29, 0.717) is 17.3 Å². The third kappa shape index (κ3) is 2.88. The number of nitrogens with zero attached hydrogens (tertiary/aromatic N) is 2. The van der Waals surface area contributed by atoms with E-state index < -0.39 is 6.10 Å². The van der Waals surface area contributed by atoms with Gasteiger partial charge in [-0.05, 0) is 37.3 Å². The maximum Gasteiger partial charge on any atom is 0.133 e. The first-order valence-corrected chi connectivity index (χ1v) is 7.51. The van der Waals surface area contributed by atoms with Crippen LogP contribution in [0.3, 0.4) is 0 Å². The Labute approximate surface area is 133 Å². The largest absolute Gasteiger partial charge is 0.467 e. The van der Waals surface area contributed by atoms with Gasteiger partial charge in [-0.1, -0.05) is 11.6 Å². The Balaban J connectivity index is 1.75. The van der Waals surface area contributed by atoms with Crippen molar-refractivity contribution in [3.8, 4) is 0 Å². The predicted octanol–water partition coefficient (Wildman–Crippen LogP) is 3.20. The second kappa shape index (κ2) is 6.12. The number of hydrogen-bond donors (Lipinski definition) is 2. The fourth-order valence-corrected chi connectivity index (χ4v) is 2.70. The Bertz CT molecular complexity index is 767. The van der Waals surface area contributed by atoms with Gasteiger partial charge in [-0.15, -0.1) is 0 Å². The smallest absolute Gasteiger partial charge is 0.133 e. The second-order valence-electron chi connectivity index (χ2n) is 5.32. The molecule has 22 heavy (non-hydrogen) atoms. The number of nitrogens with one attached hydrogen (secondary N) is 1. The van der Waals surface area contributed by atoms with Gasteiger partial charge < -0.3 is 19.4 Å². The lowest BCUT2D eigenvalue weighted by Crippen LogP contribution is -2.26. The summed E-state index contributed by atoms with van der Waals surface area (Å²) in [7, 11) is 1.96. The molecule has 0 radical (unpaired) electrons. The van der Waals surface area contributed by atoms with Crippen LogP contribution in [0, 0.1) is 0 Å². The zero-order valence-corrected chi connectivity index (χ0v) is 13.2. The fourth-order valence-electron chi connectivity index (χ4n) is 2.53. The van der Waals surface area contributed by atoms with Gasteiger partial charge in [0.25, 0.3) is 0 Å². The molecule has 0 amide bonds. The normalized spacial score (nSPS) is 14.4. The number of aliphatic hydroxyl groups is 1. The highest BCUT2D eigenvalue weighted by Gasteiger charge is 2.17. The molecule has 116 valence electrons. The maximum atomic E-state index is 10.0. The van der Waals surface area contributed by atoms with Gasteiger partial charge in [0.1, 0.15) is 17.7 Å². The number of fused-ring (bicyclic) bond motifs is 1. The minimum absolute atomic E-state index is 0.0132. The van der Waals surface area contributed by atoms with Gasteiger partial charge in [0.15, 0.2) is 0 Å². The Morgan fingerprint density at radius 3 is 2.95 bits per heavy atom. The number of aryl methyl sites for hydroxylation is 1. The first kappa shape index (κ1) is 15.1. The van der Waals surface area contributed by atoms with Crippen LogP contribution in [0.4, 0.5) is 0 Å². The third-order valence-corrected chi connectivity index (χ3v) is 3.99. The molecule has 0 aliphatic heterocycles. The Morgan fingerprint density at radius 2 is 2.23 bits per heavy atom. The summed E-state index contributed by atoms with van der Waals surface area (Å²) < 4.78 is 7.20. The standard InChI is InChI=1S/C16H18ClN3O2/c1-10(18-9-14(21)15-4-3-7-22-15)16-19-12-6-5-11(17)8-13(12)20(16)2/h3-8,10,14,18,21H,9H2,1-2H3. The summed E-state index contributed by atoms with van der Waals surface area (Å²) in [5.74, 6) is 1.44. The molecule has 6 heteroatoms. The highest BCUT2D eigenvalue weighted by Crippen LogP contribution is 2.23. The molecule has 0 saturated carbocycles. The first-order chi connectivity index (χ1) is 10.6. The van der Waals surface area contributed by atoms with Crippen molar-refractivity contribution < 1.29 is 9.52 Å². The number of hydrogen-bond acceptors (Lipinski definition) is 4. The Kier molecular flexibility index (Phi) is 4.20. The third-order valence-electron chi connectivity index (χ3n) is 3.75. The fraction of sp³-hybridized carbons (Fsp3) is 0.312. The molecule has 2 unspecified atom stereocenters. The van der Waals surface area contributed by atoms with Crippen LogP contribution in [-0.2, 0) is 7.05 Å². The minimum Gasteiger partial charge on any atom is -0.467 e. The van der Waals surface area contributed by atoms with Crippen molar-refractivity contribution in [2.24, 2.45) is 7.05 Å². The molecule has 5 nitrogen and oxygen atoms in total. The van der Waals surface area contributed by atoms with E-state index in [2.05, 4.69) is 10.3 Å². The molecule has 2 atom stereocenters. The van der Waals surface area contributed by atoms with Crippen molar-refractivity contribution in [3.63, 3.8) is 0 Å². The van der Waals surface area contributed by atoms with Crippen molar-refractivity contribution in [1.82, 2.24) is 14.9 Å². The molecule has 0 spiro atoms. The molecule has 2 aromatic heterocycles. The van der Waals surface area contributed by atoms with Gasteiger partial charge in [0.05, 0.1) is 23.3 Å². The zero-order chi connectivity index (χ0) is 15.7. The maximum absolute atomic E-state index is 10.0. The average molecular weight is 320 g/mol. The summed E-state index contributed by atoms with van der Waals surface area (Å²) in [5.41, 5.74) is 1.89. The SMILES string of the molecule is CC(NCC(O)c1ccco1)c1nc2ccc(Cl)cc2n1C. The lowest BCUT2D eigenvalue weighted by atomic mass is 10.2. The van der Waals surface area contributed by atoms with Gasteiger partial charge in [-0.25, -0.2) is 4.98 Å². The number of furan rings is 1. The van der Waals surface area contributed by atoms with E-state index >= 15 is 0 Å².